The standard InChI is InChI=1S/C18H19N3O3/c1-2-3-9-14-10-15(24-11-13-7-5-4-6-8-13)16(18(22)23)17-19-12-20-21(14)17/h4-8,10,12H,2-3,9,11H2,1H3,(H,22,23). The molecule has 0 saturated heterocycles. The van der Waals surface area contributed by atoms with Crippen LogP contribution in [0.3, 0.4) is 0 Å². The van der Waals surface area contributed by atoms with Gasteiger partial charge in [0.15, 0.2) is 5.65 Å². The van der Waals surface area contributed by atoms with E-state index in [-0.39, 0.29) is 5.56 Å². The number of hydrogen-bond acceptors (Lipinski definition) is 4. The highest BCUT2D eigenvalue weighted by atomic mass is 16.5. The Kier molecular flexibility index (Phi) is 4.74. The third kappa shape index (κ3) is 3.22. The summed E-state index contributed by atoms with van der Waals surface area (Å²) in [6.45, 7) is 2.41. The lowest BCUT2D eigenvalue weighted by Crippen LogP contribution is -2.10. The van der Waals surface area contributed by atoms with Crippen LogP contribution in [0.2, 0.25) is 0 Å². The molecule has 0 atom stereocenters. The van der Waals surface area contributed by atoms with Crippen molar-refractivity contribution in [3.05, 3.63) is 59.5 Å². The molecule has 0 fully saturated rings. The van der Waals surface area contributed by atoms with Gasteiger partial charge in [-0.25, -0.2) is 14.3 Å². The molecule has 24 heavy (non-hydrogen) atoms. The third-order valence-electron chi connectivity index (χ3n) is 3.83. The van der Waals surface area contributed by atoms with E-state index in [9.17, 15) is 9.90 Å². The van der Waals surface area contributed by atoms with Gasteiger partial charge in [-0.15, -0.1) is 0 Å². The number of ether oxygens (including phenoxy) is 1. The number of aryl methyl sites for hydroxylation is 1. The first-order valence-corrected chi connectivity index (χ1v) is 7.96. The molecule has 6 heteroatoms. The molecule has 0 amide bonds. The fraction of sp³-hybridized carbons (Fsp3) is 0.278. The van der Waals surface area contributed by atoms with Crippen LogP contribution in [0.5, 0.6) is 5.75 Å². The van der Waals surface area contributed by atoms with Gasteiger partial charge in [-0.1, -0.05) is 43.7 Å². The number of fused-ring (bicyclic) bond motifs is 1. The number of unbranched alkanes of at least 4 members (excludes halogenated alkanes) is 1. The van der Waals surface area contributed by atoms with Gasteiger partial charge in [-0.3, -0.25) is 0 Å². The summed E-state index contributed by atoms with van der Waals surface area (Å²) >= 11 is 0. The number of carbonyl (C=O) groups is 1. The molecule has 3 aromatic rings. The Hall–Kier alpha value is -2.89. The second-order valence-electron chi connectivity index (χ2n) is 5.55. The minimum Gasteiger partial charge on any atom is -0.488 e. The Morgan fingerprint density at radius 1 is 1.29 bits per heavy atom. The fourth-order valence-corrected chi connectivity index (χ4v) is 2.60. The number of pyridine rings is 1. The van der Waals surface area contributed by atoms with Gasteiger partial charge >= 0.3 is 5.97 Å². The van der Waals surface area contributed by atoms with Gasteiger partial charge < -0.3 is 9.84 Å². The van der Waals surface area contributed by atoms with Gasteiger partial charge in [0.2, 0.25) is 0 Å². The van der Waals surface area contributed by atoms with Gasteiger partial charge in [0.1, 0.15) is 24.2 Å². The first-order chi connectivity index (χ1) is 11.7. The zero-order valence-corrected chi connectivity index (χ0v) is 13.5. The molecule has 1 N–H and O–H groups in total. The predicted molar refractivity (Wildman–Crippen MR) is 89.3 cm³/mol. The number of aromatic carboxylic acids is 1. The van der Waals surface area contributed by atoms with Crippen molar-refractivity contribution < 1.29 is 14.6 Å². The van der Waals surface area contributed by atoms with Crippen LogP contribution in [0.25, 0.3) is 5.65 Å². The lowest BCUT2D eigenvalue weighted by Gasteiger charge is -2.13. The van der Waals surface area contributed by atoms with E-state index in [1.165, 1.54) is 6.33 Å². The Morgan fingerprint density at radius 2 is 2.08 bits per heavy atom. The first kappa shape index (κ1) is 16.0. The van der Waals surface area contributed by atoms with Crippen LogP contribution in [-0.4, -0.2) is 25.7 Å². The van der Waals surface area contributed by atoms with Crippen LogP contribution in [0.15, 0.2) is 42.7 Å². The second-order valence-corrected chi connectivity index (χ2v) is 5.55. The number of aromatic nitrogens is 3. The lowest BCUT2D eigenvalue weighted by atomic mass is 10.1. The molecule has 0 spiro atoms. The highest BCUT2D eigenvalue weighted by Gasteiger charge is 2.21. The summed E-state index contributed by atoms with van der Waals surface area (Å²) in [5.74, 6) is -0.740. The number of hydrogen-bond donors (Lipinski definition) is 1. The first-order valence-electron chi connectivity index (χ1n) is 7.96. The highest BCUT2D eigenvalue weighted by molar-refractivity contribution is 5.97. The summed E-state index contributed by atoms with van der Waals surface area (Å²) in [5.41, 5.74) is 2.24. The molecule has 3 rings (SSSR count). The zero-order valence-electron chi connectivity index (χ0n) is 13.5. The summed E-state index contributed by atoms with van der Waals surface area (Å²) in [5, 5.41) is 13.7. The van der Waals surface area contributed by atoms with Gasteiger partial charge in [0.25, 0.3) is 0 Å². The van der Waals surface area contributed by atoms with Crippen molar-refractivity contribution in [2.24, 2.45) is 0 Å². The number of benzene rings is 1. The van der Waals surface area contributed by atoms with Crippen molar-refractivity contribution in [3.8, 4) is 5.75 Å². The van der Waals surface area contributed by atoms with Gasteiger partial charge in [-0.2, -0.15) is 5.10 Å². The predicted octanol–water partition coefficient (Wildman–Crippen LogP) is 3.35. The molecule has 2 aromatic heterocycles. The Labute approximate surface area is 139 Å². The molecule has 0 radical (unpaired) electrons. The molecule has 0 saturated carbocycles. The molecular formula is C18H19N3O3. The Bertz CT molecular complexity index is 843. The van der Waals surface area contributed by atoms with E-state index >= 15 is 0 Å². The quantitative estimate of drug-likeness (QED) is 0.721. The molecule has 0 aliphatic rings. The van der Waals surface area contributed by atoms with Crippen molar-refractivity contribution >= 4 is 11.6 Å². The minimum absolute atomic E-state index is 0.0451. The summed E-state index contributed by atoms with van der Waals surface area (Å²) in [7, 11) is 0. The average Bonchev–Trinajstić information content (AvgIpc) is 3.07. The maximum absolute atomic E-state index is 11.7. The normalized spacial score (nSPS) is 10.9. The van der Waals surface area contributed by atoms with Crippen molar-refractivity contribution in [1.29, 1.82) is 0 Å². The lowest BCUT2D eigenvalue weighted by molar-refractivity contribution is 0.0693. The minimum atomic E-state index is -1.07. The molecule has 1 aromatic carbocycles. The van der Waals surface area contributed by atoms with E-state index in [1.807, 2.05) is 30.3 Å². The van der Waals surface area contributed by atoms with E-state index in [0.717, 1.165) is 30.5 Å². The average molecular weight is 325 g/mol. The van der Waals surface area contributed by atoms with Gasteiger partial charge in [-0.05, 0) is 18.4 Å². The SMILES string of the molecule is CCCCc1cc(OCc2ccccc2)c(C(=O)O)c2ncnn12. The summed E-state index contributed by atoms with van der Waals surface area (Å²) in [6, 6.07) is 11.4. The van der Waals surface area contributed by atoms with Crippen molar-refractivity contribution in [2.45, 2.75) is 32.8 Å². The largest absolute Gasteiger partial charge is 0.488 e. The van der Waals surface area contributed by atoms with Crippen LogP contribution >= 0.6 is 0 Å². The number of carboxylic acid groups (broad SMARTS) is 1. The maximum atomic E-state index is 11.7. The number of carboxylic acids is 1. The molecule has 0 bridgehead atoms. The Balaban J connectivity index is 2.00. The smallest absolute Gasteiger partial charge is 0.343 e. The monoisotopic (exact) mass is 325 g/mol. The summed E-state index contributed by atoms with van der Waals surface area (Å²) in [4.78, 5) is 15.8. The maximum Gasteiger partial charge on any atom is 0.343 e. The third-order valence-corrected chi connectivity index (χ3v) is 3.83. The topological polar surface area (TPSA) is 76.7 Å². The highest BCUT2D eigenvalue weighted by Crippen LogP contribution is 2.26. The van der Waals surface area contributed by atoms with E-state index in [1.54, 1.807) is 10.6 Å². The van der Waals surface area contributed by atoms with E-state index < -0.39 is 5.97 Å². The van der Waals surface area contributed by atoms with Crippen molar-refractivity contribution in [3.63, 3.8) is 0 Å². The van der Waals surface area contributed by atoms with Crippen molar-refractivity contribution in [2.75, 3.05) is 0 Å². The van der Waals surface area contributed by atoms with Crippen LogP contribution in [0, 0.1) is 0 Å². The molecule has 124 valence electrons. The van der Waals surface area contributed by atoms with E-state index in [4.69, 9.17) is 4.74 Å². The van der Waals surface area contributed by atoms with Gasteiger partial charge in [0, 0.05) is 11.8 Å². The van der Waals surface area contributed by atoms with Crippen LogP contribution < -0.4 is 4.74 Å². The van der Waals surface area contributed by atoms with Crippen LogP contribution in [-0.2, 0) is 13.0 Å². The summed E-state index contributed by atoms with van der Waals surface area (Å²) in [6.07, 6.45) is 4.19. The van der Waals surface area contributed by atoms with Crippen LogP contribution in [0.4, 0.5) is 0 Å². The van der Waals surface area contributed by atoms with E-state index in [0.29, 0.717) is 18.0 Å². The van der Waals surface area contributed by atoms with E-state index in [2.05, 4.69) is 17.0 Å². The number of nitrogens with zero attached hydrogens (tertiary/aromatic N) is 3. The van der Waals surface area contributed by atoms with Crippen molar-refractivity contribution in [1.82, 2.24) is 14.6 Å². The fourth-order valence-electron chi connectivity index (χ4n) is 2.60. The second kappa shape index (κ2) is 7.12. The molecule has 0 unspecified atom stereocenters. The zero-order chi connectivity index (χ0) is 16.9. The summed E-state index contributed by atoms with van der Waals surface area (Å²) < 4.78 is 7.41. The van der Waals surface area contributed by atoms with Crippen LogP contribution in [0.1, 0.15) is 41.4 Å². The number of rotatable bonds is 7. The Morgan fingerprint density at radius 3 is 2.79 bits per heavy atom. The molecule has 2 heterocycles. The molecule has 0 aliphatic heterocycles. The molecule has 0 aliphatic carbocycles. The molecule has 6 nitrogen and oxygen atoms in total. The van der Waals surface area contributed by atoms with Gasteiger partial charge in [0.05, 0.1) is 0 Å². The molecular weight excluding hydrogens is 306 g/mol.